The molecule has 5 rings (SSSR count). The molecular weight excluding hydrogens is 416 g/mol. The van der Waals surface area contributed by atoms with Crippen LogP contribution in [0.3, 0.4) is 0 Å². The van der Waals surface area contributed by atoms with Gasteiger partial charge in [0.15, 0.2) is 0 Å². The Morgan fingerprint density at radius 1 is 0.938 bits per heavy atom. The molecule has 0 bridgehead atoms. The minimum atomic E-state index is -1.22. The minimum absolute atomic E-state index is 0.00512. The Morgan fingerprint density at radius 3 is 1.94 bits per heavy atom. The lowest BCUT2D eigenvalue weighted by Gasteiger charge is -2.70. The lowest BCUT2D eigenvalue weighted by Crippen LogP contribution is -2.90. The second kappa shape index (κ2) is 6.65. The van der Waals surface area contributed by atoms with Crippen LogP contribution in [-0.4, -0.2) is 70.9 Å². The van der Waals surface area contributed by atoms with Crippen molar-refractivity contribution in [2.75, 3.05) is 13.1 Å². The normalized spacial score (nSPS) is 35.5. The molecule has 4 atom stereocenters. The zero-order chi connectivity index (χ0) is 22.8. The van der Waals surface area contributed by atoms with E-state index < -0.39 is 58.9 Å². The fraction of sp³-hybridized carbons (Fsp3) is 0.409. The van der Waals surface area contributed by atoms with Crippen molar-refractivity contribution in [2.24, 2.45) is 10.8 Å². The Bertz CT molecular complexity index is 1030. The van der Waals surface area contributed by atoms with Crippen molar-refractivity contribution in [2.45, 2.75) is 32.0 Å². The van der Waals surface area contributed by atoms with Crippen LogP contribution in [0.25, 0.3) is 6.08 Å². The summed E-state index contributed by atoms with van der Waals surface area (Å²) in [5, 5.41) is 4.65. The number of nitrogens with zero attached hydrogens (tertiary/aromatic N) is 2. The third kappa shape index (κ3) is 2.49. The fourth-order valence-corrected chi connectivity index (χ4v) is 5.60. The zero-order valence-electron chi connectivity index (χ0n) is 17.5. The van der Waals surface area contributed by atoms with Crippen LogP contribution in [0.4, 0.5) is 9.59 Å². The topological polar surface area (TPSA) is 125 Å². The average molecular weight is 438 g/mol. The second-order valence-corrected chi connectivity index (χ2v) is 8.92. The van der Waals surface area contributed by atoms with E-state index in [-0.39, 0.29) is 13.1 Å². The van der Waals surface area contributed by atoms with Crippen molar-refractivity contribution in [1.82, 2.24) is 20.4 Å². The van der Waals surface area contributed by atoms with Gasteiger partial charge in [-0.05, 0) is 25.5 Å². The molecule has 1 aliphatic carbocycles. The fourth-order valence-electron chi connectivity index (χ4n) is 5.60. The first-order chi connectivity index (χ1) is 15.2. The maximum atomic E-state index is 12.8. The molecule has 3 aliphatic heterocycles. The number of benzene rings is 1. The second-order valence-electron chi connectivity index (χ2n) is 8.92. The van der Waals surface area contributed by atoms with Gasteiger partial charge in [0, 0.05) is 6.08 Å². The molecule has 3 heterocycles. The quantitative estimate of drug-likeness (QED) is 0.523. The van der Waals surface area contributed by atoms with Gasteiger partial charge in [-0.2, -0.15) is 0 Å². The lowest BCUT2D eigenvalue weighted by atomic mass is 9.42. The van der Waals surface area contributed by atoms with E-state index in [0.717, 1.165) is 5.56 Å². The summed E-state index contributed by atoms with van der Waals surface area (Å²) in [7, 11) is 0. The summed E-state index contributed by atoms with van der Waals surface area (Å²) in [4.78, 5) is 66.2. The van der Waals surface area contributed by atoms with Gasteiger partial charge in [0.25, 0.3) is 0 Å². The number of nitrogens with one attached hydrogen (secondary N) is 2. The van der Waals surface area contributed by atoms with E-state index in [2.05, 4.69) is 10.6 Å². The summed E-state index contributed by atoms with van der Waals surface area (Å²) < 4.78 is 5.58. The largest absolute Gasteiger partial charge is 0.455 e. The van der Waals surface area contributed by atoms with E-state index in [0.29, 0.717) is 0 Å². The van der Waals surface area contributed by atoms with Gasteiger partial charge in [0.1, 0.15) is 6.10 Å². The van der Waals surface area contributed by atoms with Crippen molar-refractivity contribution in [3.05, 3.63) is 42.0 Å². The van der Waals surface area contributed by atoms with E-state index >= 15 is 0 Å². The Hall–Kier alpha value is -3.69. The Balaban J connectivity index is 1.45. The van der Waals surface area contributed by atoms with Gasteiger partial charge >= 0.3 is 18.0 Å². The highest BCUT2D eigenvalue weighted by Gasteiger charge is 2.81. The number of urea groups is 2. The molecule has 6 amide bonds. The third-order valence-corrected chi connectivity index (χ3v) is 7.43. The SMILES string of the molecule is CC12C(=O)NC(=O)N3CC(OC(=O)C=Cc4ccccc4)CN4C(=O)NC(=O)C1(C)C4C32. The van der Waals surface area contributed by atoms with E-state index in [1.165, 1.54) is 15.9 Å². The van der Waals surface area contributed by atoms with Gasteiger partial charge in [-0.15, -0.1) is 0 Å². The van der Waals surface area contributed by atoms with Crippen LogP contribution in [0.5, 0.6) is 0 Å². The number of rotatable bonds is 3. The molecule has 4 unspecified atom stereocenters. The average Bonchev–Trinajstić information content (AvgIpc) is 2.93. The van der Waals surface area contributed by atoms with Crippen LogP contribution in [0.2, 0.25) is 0 Å². The monoisotopic (exact) mass is 438 g/mol. The van der Waals surface area contributed by atoms with Crippen molar-refractivity contribution in [1.29, 1.82) is 0 Å². The summed E-state index contributed by atoms with van der Waals surface area (Å²) in [5.41, 5.74) is -1.63. The number of hydrogen-bond acceptors (Lipinski definition) is 6. The molecule has 2 N–H and O–H groups in total. The standard InChI is InChI=1S/C22H22N4O6/c1-21-15-16-22(21,2)18(29)24-20(31)26(16)11-13(10-25(15)19(30)23-17(21)28)32-14(27)9-8-12-6-4-3-5-7-12/h3-9,13,15-16H,10-11H2,1-2H3,(H,23,28,30)(H,24,29,31). The first-order valence-corrected chi connectivity index (χ1v) is 10.4. The summed E-state index contributed by atoms with van der Waals surface area (Å²) in [6.07, 6.45) is 2.05. The number of ether oxygens (including phenoxy) is 1. The number of fused-ring (bicyclic) bond motifs is 1. The van der Waals surface area contributed by atoms with Crippen molar-refractivity contribution < 1.29 is 28.7 Å². The molecule has 10 nitrogen and oxygen atoms in total. The number of carbonyl (C=O) groups is 5. The van der Waals surface area contributed by atoms with Gasteiger partial charge in [0.2, 0.25) is 11.8 Å². The van der Waals surface area contributed by atoms with Gasteiger partial charge in [-0.1, -0.05) is 30.3 Å². The van der Waals surface area contributed by atoms with Crippen molar-refractivity contribution in [3.63, 3.8) is 0 Å². The molecule has 166 valence electrons. The van der Waals surface area contributed by atoms with Crippen LogP contribution >= 0.6 is 0 Å². The molecule has 4 aliphatic rings. The molecule has 0 spiro atoms. The predicted octanol–water partition coefficient (Wildman–Crippen LogP) is 0.492. The number of carbonyl (C=O) groups excluding carboxylic acids is 5. The van der Waals surface area contributed by atoms with Gasteiger partial charge in [0.05, 0.1) is 36.0 Å². The van der Waals surface area contributed by atoms with Crippen LogP contribution in [-0.2, 0) is 19.1 Å². The highest BCUT2D eigenvalue weighted by Crippen LogP contribution is 2.63. The van der Waals surface area contributed by atoms with Gasteiger partial charge in [-0.25, -0.2) is 14.4 Å². The van der Waals surface area contributed by atoms with Gasteiger partial charge < -0.3 is 14.5 Å². The maximum Gasteiger partial charge on any atom is 0.331 e. The first kappa shape index (κ1) is 20.2. The number of amides is 6. The highest BCUT2D eigenvalue weighted by atomic mass is 16.5. The van der Waals surface area contributed by atoms with Crippen molar-refractivity contribution in [3.8, 4) is 0 Å². The van der Waals surface area contributed by atoms with Crippen LogP contribution < -0.4 is 10.6 Å². The molecule has 1 saturated carbocycles. The molecule has 0 aromatic heterocycles. The third-order valence-electron chi connectivity index (χ3n) is 7.43. The van der Waals surface area contributed by atoms with E-state index in [4.69, 9.17) is 4.74 Å². The summed E-state index contributed by atoms with van der Waals surface area (Å²) >= 11 is 0. The van der Waals surface area contributed by atoms with Crippen LogP contribution in [0, 0.1) is 10.8 Å². The van der Waals surface area contributed by atoms with Crippen molar-refractivity contribution >= 4 is 35.9 Å². The molecule has 3 saturated heterocycles. The minimum Gasteiger partial charge on any atom is -0.455 e. The van der Waals surface area contributed by atoms with E-state index in [9.17, 15) is 24.0 Å². The summed E-state index contributed by atoms with van der Waals surface area (Å²) in [5.74, 6) is -1.72. The van der Waals surface area contributed by atoms with E-state index in [1.54, 1.807) is 19.9 Å². The maximum absolute atomic E-state index is 12.8. The van der Waals surface area contributed by atoms with Gasteiger partial charge in [-0.3, -0.25) is 20.2 Å². The Labute approximate surface area is 183 Å². The molecule has 32 heavy (non-hydrogen) atoms. The lowest BCUT2D eigenvalue weighted by molar-refractivity contribution is -0.209. The highest BCUT2D eigenvalue weighted by molar-refractivity contribution is 6.11. The number of imide groups is 2. The van der Waals surface area contributed by atoms with E-state index in [1.807, 2.05) is 30.3 Å². The Morgan fingerprint density at radius 2 is 1.44 bits per heavy atom. The Kier molecular flexibility index (Phi) is 4.20. The zero-order valence-corrected chi connectivity index (χ0v) is 17.5. The smallest absolute Gasteiger partial charge is 0.331 e. The molecule has 4 fully saturated rings. The molecule has 1 aromatic carbocycles. The summed E-state index contributed by atoms with van der Waals surface area (Å²) in [6, 6.07) is 6.58. The molecular formula is C22H22N4O6. The molecule has 10 heteroatoms. The van der Waals surface area contributed by atoms with Crippen LogP contribution in [0.15, 0.2) is 36.4 Å². The van der Waals surface area contributed by atoms with Crippen LogP contribution in [0.1, 0.15) is 19.4 Å². The first-order valence-electron chi connectivity index (χ1n) is 10.4. The molecule has 0 radical (unpaired) electrons. The predicted molar refractivity (Wildman–Crippen MR) is 110 cm³/mol. The molecule has 1 aromatic rings. The summed E-state index contributed by atoms with van der Waals surface area (Å²) in [6.45, 7) is 3.25. The number of hydrogen-bond donors (Lipinski definition) is 2. The number of esters is 1.